The highest BCUT2D eigenvalue weighted by molar-refractivity contribution is 9.10. The normalized spacial score (nSPS) is 13.7. The molecule has 2 aromatic carbocycles. The van der Waals surface area contributed by atoms with Crippen LogP contribution in [0.5, 0.6) is 0 Å². The quantitative estimate of drug-likeness (QED) is 0.729. The molecule has 1 aliphatic rings. The van der Waals surface area contributed by atoms with Gasteiger partial charge in [-0.15, -0.1) is 0 Å². The lowest BCUT2D eigenvalue weighted by atomic mass is 9.99. The molecule has 5 nitrogen and oxygen atoms in total. The van der Waals surface area contributed by atoms with Crippen LogP contribution in [0.1, 0.15) is 42.3 Å². The van der Waals surface area contributed by atoms with E-state index in [9.17, 15) is 9.59 Å². The van der Waals surface area contributed by atoms with Gasteiger partial charge in [-0.3, -0.25) is 4.79 Å². The smallest absolute Gasteiger partial charge is 0.410 e. The van der Waals surface area contributed by atoms with Gasteiger partial charge in [0, 0.05) is 28.8 Å². The number of halogens is 1. The first-order valence-corrected chi connectivity index (χ1v) is 9.67. The Labute approximate surface area is 167 Å². The average Bonchev–Trinajstić information content (AvgIpc) is 2.60. The van der Waals surface area contributed by atoms with Gasteiger partial charge in [0.1, 0.15) is 5.60 Å². The van der Waals surface area contributed by atoms with Crippen molar-refractivity contribution in [3.63, 3.8) is 0 Å². The molecule has 0 unspecified atom stereocenters. The van der Waals surface area contributed by atoms with Crippen LogP contribution in [0.4, 0.5) is 10.5 Å². The fourth-order valence-corrected chi connectivity index (χ4v) is 3.19. The zero-order valence-electron chi connectivity index (χ0n) is 15.7. The lowest BCUT2D eigenvalue weighted by Gasteiger charge is -2.31. The maximum Gasteiger partial charge on any atom is 0.410 e. The van der Waals surface area contributed by atoms with Gasteiger partial charge in [-0.2, -0.15) is 0 Å². The Morgan fingerprint density at radius 2 is 1.78 bits per heavy atom. The van der Waals surface area contributed by atoms with Gasteiger partial charge in [0.2, 0.25) is 0 Å². The first kappa shape index (κ1) is 19.4. The van der Waals surface area contributed by atoms with Gasteiger partial charge in [-0.05, 0) is 74.7 Å². The molecule has 0 aliphatic carbocycles. The lowest BCUT2D eigenvalue weighted by molar-refractivity contribution is 0.0224. The van der Waals surface area contributed by atoms with Crippen molar-refractivity contribution in [1.29, 1.82) is 0 Å². The summed E-state index contributed by atoms with van der Waals surface area (Å²) in [5.74, 6) is -0.165. The Hall–Kier alpha value is -2.34. The summed E-state index contributed by atoms with van der Waals surface area (Å²) in [6.07, 6.45) is 0.465. The van der Waals surface area contributed by atoms with Gasteiger partial charge in [0.25, 0.3) is 5.91 Å². The molecule has 2 amide bonds. The Bertz CT molecular complexity index is 857. The van der Waals surface area contributed by atoms with Crippen LogP contribution < -0.4 is 5.32 Å². The number of rotatable bonds is 2. The number of fused-ring (bicyclic) bond motifs is 1. The number of amides is 2. The van der Waals surface area contributed by atoms with E-state index in [1.807, 2.05) is 51.1 Å². The maximum absolute atomic E-state index is 12.4. The van der Waals surface area contributed by atoms with E-state index in [0.717, 1.165) is 16.5 Å². The molecule has 1 N–H and O–H groups in total. The molecule has 0 spiro atoms. The van der Waals surface area contributed by atoms with Crippen molar-refractivity contribution in [3.8, 4) is 0 Å². The Morgan fingerprint density at radius 3 is 2.44 bits per heavy atom. The highest BCUT2D eigenvalue weighted by Crippen LogP contribution is 2.24. The van der Waals surface area contributed by atoms with Gasteiger partial charge in [-0.25, -0.2) is 4.79 Å². The van der Waals surface area contributed by atoms with Crippen molar-refractivity contribution in [2.45, 2.75) is 39.3 Å². The van der Waals surface area contributed by atoms with Crippen LogP contribution in [-0.4, -0.2) is 29.0 Å². The van der Waals surface area contributed by atoms with Crippen molar-refractivity contribution < 1.29 is 14.3 Å². The Morgan fingerprint density at radius 1 is 1.07 bits per heavy atom. The first-order valence-electron chi connectivity index (χ1n) is 8.88. The van der Waals surface area contributed by atoms with E-state index in [4.69, 9.17) is 4.74 Å². The SMILES string of the molecule is CC(C)(C)OC(=O)N1CCc2ccc(NC(=O)c3ccc(Br)cc3)cc2C1. The third-order valence-corrected chi connectivity index (χ3v) is 4.76. The summed E-state index contributed by atoms with van der Waals surface area (Å²) < 4.78 is 6.39. The summed E-state index contributed by atoms with van der Waals surface area (Å²) in [6, 6.07) is 13.0. The number of nitrogens with one attached hydrogen (secondary N) is 1. The number of ether oxygens (including phenoxy) is 1. The predicted octanol–water partition coefficient (Wildman–Crippen LogP) is 4.99. The average molecular weight is 431 g/mol. The van der Waals surface area contributed by atoms with Crippen molar-refractivity contribution >= 4 is 33.6 Å². The molecule has 0 radical (unpaired) electrons. The molecule has 1 aliphatic heterocycles. The second-order valence-corrected chi connectivity index (χ2v) is 8.51. The molecule has 1 heterocycles. The summed E-state index contributed by atoms with van der Waals surface area (Å²) in [5.41, 5.74) is 3.01. The summed E-state index contributed by atoms with van der Waals surface area (Å²) >= 11 is 3.36. The molecule has 3 rings (SSSR count). The minimum Gasteiger partial charge on any atom is -0.444 e. The number of carbonyl (C=O) groups excluding carboxylic acids is 2. The third kappa shape index (κ3) is 5.10. The second kappa shape index (κ2) is 7.72. The minimum atomic E-state index is -0.516. The van der Waals surface area contributed by atoms with Gasteiger partial charge in [0.05, 0.1) is 0 Å². The van der Waals surface area contributed by atoms with Crippen LogP contribution >= 0.6 is 15.9 Å². The van der Waals surface area contributed by atoms with Crippen molar-refractivity contribution in [1.82, 2.24) is 4.90 Å². The highest BCUT2D eigenvalue weighted by Gasteiger charge is 2.25. The predicted molar refractivity (Wildman–Crippen MR) is 109 cm³/mol. The molecule has 0 saturated carbocycles. The lowest BCUT2D eigenvalue weighted by Crippen LogP contribution is -2.39. The fraction of sp³-hybridized carbons (Fsp3) is 0.333. The third-order valence-electron chi connectivity index (χ3n) is 4.23. The Balaban J connectivity index is 1.71. The van der Waals surface area contributed by atoms with E-state index in [-0.39, 0.29) is 12.0 Å². The number of benzene rings is 2. The number of hydrogen-bond acceptors (Lipinski definition) is 3. The van der Waals surface area contributed by atoms with E-state index < -0.39 is 5.60 Å². The molecule has 0 fully saturated rings. The highest BCUT2D eigenvalue weighted by atomic mass is 79.9. The molecule has 0 saturated heterocycles. The molecule has 0 aromatic heterocycles. The van der Waals surface area contributed by atoms with Crippen LogP contribution in [0.2, 0.25) is 0 Å². The van der Waals surface area contributed by atoms with E-state index in [0.29, 0.717) is 24.3 Å². The van der Waals surface area contributed by atoms with Crippen LogP contribution in [0.15, 0.2) is 46.9 Å². The first-order chi connectivity index (χ1) is 12.7. The second-order valence-electron chi connectivity index (χ2n) is 7.60. The molecule has 2 aromatic rings. The topological polar surface area (TPSA) is 58.6 Å². The summed E-state index contributed by atoms with van der Waals surface area (Å²) in [7, 11) is 0. The Kier molecular flexibility index (Phi) is 5.56. The number of anilines is 1. The fourth-order valence-electron chi connectivity index (χ4n) is 2.92. The van der Waals surface area contributed by atoms with Gasteiger partial charge in [-0.1, -0.05) is 22.0 Å². The molecule has 27 heavy (non-hydrogen) atoms. The van der Waals surface area contributed by atoms with Crippen LogP contribution in [0.3, 0.4) is 0 Å². The maximum atomic E-state index is 12.4. The standard InChI is InChI=1S/C21H23BrN2O3/c1-21(2,3)27-20(26)24-11-10-14-6-9-18(12-16(14)13-24)23-19(25)15-4-7-17(22)8-5-15/h4-9,12H,10-11,13H2,1-3H3,(H,23,25). The molecule has 0 bridgehead atoms. The molecule has 6 heteroatoms. The molecular weight excluding hydrogens is 408 g/mol. The summed E-state index contributed by atoms with van der Waals surface area (Å²) in [4.78, 5) is 26.4. The van der Waals surface area contributed by atoms with Crippen molar-refractivity contribution in [2.75, 3.05) is 11.9 Å². The van der Waals surface area contributed by atoms with Crippen LogP contribution in [0.25, 0.3) is 0 Å². The van der Waals surface area contributed by atoms with Gasteiger partial charge >= 0.3 is 6.09 Å². The van der Waals surface area contributed by atoms with Crippen molar-refractivity contribution in [3.05, 3.63) is 63.6 Å². The van der Waals surface area contributed by atoms with E-state index in [2.05, 4.69) is 21.2 Å². The minimum absolute atomic E-state index is 0.165. The number of hydrogen-bond donors (Lipinski definition) is 1. The van der Waals surface area contributed by atoms with Gasteiger partial charge < -0.3 is 15.0 Å². The molecule has 0 atom stereocenters. The van der Waals surface area contributed by atoms with E-state index in [1.165, 1.54) is 5.56 Å². The zero-order valence-corrected chi connectivity index (χ0v) is 17.3. The largest absolute Gasteiger partial charge is 0.444 e. The van der Waals surface area contributed by atoms with E-state index >= 15 is 0 Å². The molecule has 142 valence electrons. The zero-order chi connectivity index (χ0) is 19.6. The van der Waals surface area contributed by atoms with E-state index in [1.54, 1.807) is 17.0 Å². The van der Waals surface area contributed by atoms with Crippen molar-refractivity contribution in [2.24, 2.45) is 0 Å². The number of nitrogens with zero attached hydrogens (tertiary/aromatic N) is 1. The number of carbonyl (C=O) groups is 2. The van der Waals surface area contributed by atoms with Crippen LogP contribution in [0, 0.1) is 0 Å². The van der Waals surface area contributed by atoms with Crippen LogP contribution in [-0.2, 0) is 17.7 Å². The monoisotopic (exact) mass is 430 g/mol. The molecular formula is C21H23BrN2O3. The summed E-state index contributed by atoms with van der Waals surface area (Å²) in [5, 5.41) is 2.92. The summed E-state index contributed by atoms with van der Waals surface area (Å²) in [6.45, 7) is 6.69. The van der Waals surface area contributed by atoms with Gasteiger partial charge in [0.15, 0.2) is 0 Å².